The Balaban J connectivity index is 1.71. The molecule has 1 N–H and O–H groups in total. The molecule has 1 aromatic heterocycles. The maximum absolute atomic E-state index is 12.4. The Morgan fingerprint density at radius 2 is 2.00 bits per heavy atom. The van der Waals surface area contributed by atoms with Crippen LogP contribution in [0.25, 0.3) is 10.9 Å². The number of aliphatic hydroxyl groups excluding tert-OH is 1. The Bertz CT molecular complexity index is 918. The number of fused-ring (bicyclic) bond motifs is 1. The fraction of sp³-hybridized carbons (Fsp3) is 0.263. The molecule has 0 amide bonds. The van der Waals surface area contributed by atoms with E-state index in [2.05, 4.69) is 4.98 Å². The Hall–Kier alpha value is -2.66. The van der Waals surface area contributed by atoms with Crippen LogP contribution in [0.2, 0.25) is 0 Å². The van der Waals surface area contributed by atoms with Gasteiger partial charge in [0.1, 0.15) is 18.5 Å². The van der Waals surface area contributed by atoms with Crippen LogP contribution in [-0.4, -0.2) is 27.4 Å². The van der Waals surface area contributed by atoms with E-state index in [0.29, 0.717) is 10.9 Å². The Kier molecular flexibility index (Phi) is 4.62. The highest BCUT2D eigenvalue weighted by Gasteiger charge is 2.11. The second-order valence-electron chi connectivity index (χ2n) is 5.95. The lowest BCUT2D eigenvalue weighted by Gasteiger charge is -2.15. The van der Waals surface area contributed by atoms with Crippen molar-refractivity contribution in [3.05, 3.63) is 70.3 Å². The third-order valence-corrected chi connectivity index (χ3v) is 3.91. The lowest BCUT2D eigenvalue weighted by atomic mass is 10.1. The minimum atomic E-state index is -0.800. The van der Waals surface area contributed by atoms with E-state index in [1.807, 2.05) is 38.1 Å². The van der Waals surface area contributed by atoms with Crippen LogP contribution in [0.15, 0.2) is 53.6 Å². The van der Waals surface area contributed by atoms with Crippen molar-refractivity contribution in [2.45, 2.75) is 26.5 Å². The molecule has 0 aliphatic carbocycles. The monoisotopic (exact) mass is 324 g/mol. The molecule has 1 atom stereocenters. The molecule has 5 nitrogen and oxygen atoms in total. The first-order chi connectivity index (χ1) is 11.5. The van der Waals surface area contributed by atoms with Crippen molar-refractivity contribution < 1.29 is 9.84 Å². The molecule has 0 bridgehead atoms. The summed E-state index contributed by atoms with van der Waals surface area (Å²) in [7, 11) is 0. The van der Waals surface area contributed by atoms with Crippen LogP contribution in [-0.2, 0) is 6.54 Å². The zero-order valence-electron chi connectivity index (χ0n) is 13.8. The molecule has 0 fully saturated rings. The molecule has 1 unspecified atom stereocenters. The van der Waals surface area contributed by atoms with Crippen LogP contribution in [0.3, 0.4) is 0 Å². The highest BCUT2D eigenvalue weighted by Crippen LogP contribution is 2.19. The number of benzene rings is 2. The zero-order valence-corrected chi connectivity index (χ0v) is 13.8. The van der Waals surface area contributed by atoms with Gasteiger partial charge in [-0.05, 0) is 43.2 Å². The number of para-hydroxylation sites is 1. The van der Waals surface area contributed by atoms with Crippen LogP contribution >= 0.6 is 0 Å². The van der Waals surface area contributed by atoms with Gasteiger partial charge in [-0.25, -0.2) is 4.98 Å². The van der Waals surface area contributed by atoms with Crippen molar-refractivity contribution in [3.8, 4) is 5.75 Å². The van der Waals surface area contributed by atoms with E-state index in [9.17, 15) is 9.90 Å². The van der Waals surface area contributed by atoms with Crippen molar-refractivity contribution in [2.24, 2.45) is 0 Å². The van der Waals surface area contributed by atoms with Gasteiger partial charge in [-0.1, -0.05) is 24.3 Å². The summed E-state index contributed by atoms with van der Waals surface area (Å²) in [5.41, 5.74) is 2.60. The second kappa shape index (κ2) is 6.84. The molecule has 0 saturated carbocycles. The van der Waals surface area contributed by atoms with E-state index < -0.39 is 6.10 Å². The summed E-state index contributed by atoms with van der Waals surface area (Å²) >= 11 is 0. The third-order valence-electron chi connectivity index (χ3n) is 3.91. The van der Waals surface area contributed by atoms with E-state index in [-0.39, 0.29) is 18.7 Å². The maximum Gasteiger partial charge on any atom is 0.261 e. The standard InChI is InChI=1S/C19H20N2O3/c1-13-7-8-14(2)18(9-13)24-11-15(22)10-21-12-20-17-6-4-3-5-16(17)19(21)23/h3-9,12,15,22H,10-11H2,1-2H3. The summed E-state index contributed by atoms with van der Waals surface area (Å²) in [6.45, 7) is 4.20. The quantitative estimate of drug-likeness (QED) is 0.783. The SMILES string of the molecule is Cc1ccc(C)c(OCC(O)Cn2cnc3ccccc3c2=O)c1. The van der Waals surface area contributed by atoms with Gasteiger partial charge in [0.15, 0.2) is 0 Å². The first kappa shape index (κ1) is 16.2. The molecule has 2 aromatic carbocycles. The first-order valence-corrected chi connectivity index (χ1v) is 7.87. The summed E-state index contributed by atoms with van der Waals surface area (Å²) in [5, 5.41) is 10.8. The minimum Gasteiger partial charge on any atom is -0.491 e. The summed E-state index contributed by atoms with van der Waals surface area (Å²) in [4.78, 5) is 16.7. The summed E-state index contributed by atoms with van der Waals surface area (Å²) in [5.74, 6) is 0.748. The number of rotatable bonds is 5. The van der Waals surface area contributed by atoms with Gasteiger partial charge in [-0.2, -0.15) is 0 Å². The fourth-order valence-corrected chi connectivity index (χ4v) is 2.56. The number of aryl methyl sites for hydroxylation is 2. The smallest absolute Gasteiger partial charge is 0.261 e. The predicted molar refractivity (Wildman–Crippen MR) is 93.4 cm³/mol. The Morgan fingerprint density at radius 3 is 2.83 bits per heavy atom. The topological polar surface area (TPSA) is 64.3 Å². The van der Waals surface area contributed by atoms with Gasteiger partial charge in [0.25, 0.3) is 5.56 Å². The van der Waals surface area contributed by atoms with Crippen LogP contribution in [0.5, 0.6) is 5.75 Å². The van der Waals surface area contributed by atoms with Crippen LogP contribution in [0.1, 0.15) is 11.1 Å². The summed E-state index contributed by atoms with van der Waals surface area (Å²) in [6, 6.07) is 13.1. The number of ether oxygens (including phenoxy) is 1. The van der Waals surface area contributed by atoms with E-state index in [1.54, 1.807) is 18.2 Å². The number of hydrogen-bond donors (Lipinski definition) is 1. The van der Waals surface area contributed by atoms with Gasteiger partial charge in [0.2, 0.25) is 0 Å². The lowest BCUT2D eigenvalue weighted by Crippen LogP contribution is -2.30. The van der Waals surface area contributed by atoms with Crippen molar-refractivity contribution >= 4 is 10.9 Å². The van der Waals surface area contributed by atoms with E-state index >= 15 is 0 Å². The molecule has 0 aliphatic heterocycles. The number of hydrogen-bond acceptors (Lipinski definition) is 4. The maximum atomic E-state index is 12.4. The van der Waals surface area contributed by atoms with Crippen LogP contribution in [0.4, 0.5) is 0 Å². The van der Waals surface area contributed by atoms with E-state index in [1.165, 1.54) is 10.9 Å². The average molecular weight is 324 g/mol. The number of aliphatic hydroxyl groups is 1. The average Bonchev–Trinajstić information content (AvgIpc) is 2.58. The predicted octanol–water partition coefficient (Wildman–Crippen LogP) is 2.45. The molecule has 0 radical (unpaired) electrons. The van der Waals surface area contributed by atoms with E-state index in [4.69, 9.17) is 4.74 Å². The lowest BCUT2D eigenvalue weighted by molar-refractivity contribution is 0.0911. The third kappa shape index (κ3) is 3.46. The van der Waals surface area contributed by atoms with Crippen molar-refractivity contribution in [1.29, 1.82) is 0 Å². The molecule has 124 valence electrons. The normalized spacial score (nSPS) is 12.3. The molecule has 5 heteroatoms. The van der Waals surface area contributed by atoms with Crippen LogP contribution < -0.4 is 10.3 Å². The molecule has 3 aromatic rings. The highest BCUT2D eigenvalue weighted by molar-refractivity contribution is 5.76. The molecule has 24 heavy (non-hydrogen) atoms. The molecule has 0 spiro atoms. The molecule has 0 aliphatic rings. The second-order valence-corrected chi connectivity index (χ2v) is 5.95. The number of aromatic nitrogens is 2. The van der Waals surface area contributed by atoms with Crippen molar-refractivity contribution in [3.63, 3.8) is 0 Å². The van der Waals surface area contributed by atoms with Gasteiger partial charge >= 0.3 is 0 Å². The largest absolute Gasteiger partial charge is 0.491 e. The number of nitrogens with zero attached hydrogens (tertiary/aromatic N) is 2. The zero-order chi connectivity index (χ0) is 17.1. The van der Waals surface area contributed by atoms with E-state index in [0.717, 1.165) is 16.9 Å². The highest BCUT2D eigenvalue weighted by atomic mass is 16.5. The van der Waals surface area contributed by atoms with Crippen LogP contribution in [0, 0.1) is 13.8 Å². The van der Waals surface area contributed by atoms with Gasteiger partial charge < -0.3 is 9.84 Å². The molecule has 3 rings (SSSR count). The van der Waals surface area contributed by atoms with Gasteiger partial charge in [-0.15, -0.1) is 0 Å². The van der Waals surface area contributed by atoms with Gasteiger partial charge in [0.05, 0.1) is 23.8 Å². The van der Waals surface area contributed by atoms with Crippen molar-refractivity contribution in [1.82, 2.24) is 9.55 Å². The molecular weight excluding hydrogens is 304 g/mol. The van der Waals surface area contributed by atoms with Crippen molar-refractivity contribution in [2.75, 3.05) is 6.61 Å². The molecular formula is C19H20N2O3. The minimum absolute atomic E-state index is 0.115. The van der Waals surface area contributed by atoms with Gasteiger partial charge in [0, 0.05) is 0 Å². The summed E-state index contributed by atoms with van der Waals surface area (Å²) in [6.07, 6.45) is 0.664. The molecule has 0 saturated heterocycles. The Morgan fingerprint density at radius 1 is 1.21 bits per heavy atom. The summed E-state index contributed by atoms with van der Waals surface area (Å²) < 4.78 is 7.11. The first-order valence-electron chi connectivity index (χ1n) is 7.87. The molecule has 1 heterocycles. The van der Waals surface area contributed by atoms with Gasteiger partial charge in [-0.3, -0.25) is 9.36 Å². The Labute approximate surface area is 140 Å². The fourth-order valence-electron chi connectivity index (χ4n) is 2.56.